The van der Waals surface area contributed by atoms with Crippen LogP contribution in [0.4, 0.5) is 11.5 Å². The summed E-state index contributed by atoms with van der Waals surface area (Å²) in [6.45, 7) is 0. The number of anilines is 1. The fourth-order valence-corrected chi connectivity index (χ4v) is 4.54. The third-order valence-electron chi connectivity index (χ3n) is 5.21. The number of fused-ring (bicyclic) bond motifs is 2. The number of ether oxygens (including phenoxy) is 1. The van der Waals surface area contributed by atoms with Crippen LogP contribution in [0.15, 0.2) is 94.8 Å². The molecular weight excluding hydrogens is 450 g/mol. The molecule has 0 spiro atoms. The van der Waals surface area contributed by atoms with E-state index in [-0.39, 0.29) is 10.7 Å². The smallest absolute Gasteiger partial charge is 0.263 e. The Kier molecular flexibility index (Phi) is 5.60. The highest BCUT2D eigenvalue weighted by atomic mass is 32.2. The molecule has 3 aromatic carbocycles. The van der Waals surface area contributed by atoms with E-state index in [9.17, 15) is 8.42 Å². The Morgan fingerprint density at radius 3 is 2.06 bits per heavy atom. The van der Waals surface area contributed by atoms with Gasteiger partial charge in [-0.05, 0) is 42.5 Å². The highest BCUT2D eigenvalue weighted by molar-refractivity contribution is 7.92. The molecule has 2 aromatic heterocycles. The molecule has 5 rings (SSSR count). The van der Waals surface area contributed by atoms with E-state index in [0.29, 0.717) is 11.6 Å². The molecule has 0 unspecified atom stereocenters. The largest absolute Gasteiger partial charge is 0.480 e. The Labute approximate surface area is 196 Å². The summed E-state index contributed by atoms with van der Waals surface area (Å²) >= 11 is 0. The predicted molar refractivity (Wildman–Crippen MR) is 132 cm³/mol. The van der Waals surface area contributed by atoms with Gasteiger partial charge in [0.05, 0.1) is 28.7 Å². The molecule has 5 aromatic rings. The van der Waals surface area contributed by atoms with E-state index >= 15 is 0 Å². The standard InChI is InChI=1S/C25H19N5O3S/c1-33-25-15-14-24(28-29-25)30-34(31,32)18-12-10-17(11-13-18)26-16-21-19-6-2-4-8-22(19)27-23-9-5-3-7-20(21)23/h2-16H,1H3,(H,28,30)/b26-16-. The molecule has 34 heavy (non-hydrogen) atoms. The van der Waals surface area contributed by atoms with Crippen LogP contribution in [0.3, 0.4) is 0 Å². The van der Waals surface area contributed by atoms with E-state index in [0.717, 1.165) is 27.4 Å². The number of pyridine rings is 1. The summed E-state index contributed by atoms with van der Waals surface area (Å²) in [6, 6.07) is 25.1. The van der Waals surface area contributed by atoms with Crippen LogP contribution < -0.4 is 9.46 Å². The van der Waals surface area contributed by atoms with E-state index in [2.05, 4.69) is 19.9 Å². The van der Waals surface area contributed by atoms with Crippen LogP contribution >= 0.6 is 0 Å². The SMILES string of the molecule is COc1ccc(NS(=O)(=O)c2ccc(/N=C\c3c4ccccc4nc4ccccc34)cc2)nn1. The van der Waals surface area contributed by atoms with Gasteiger partial charge in [-0.25, -0.2) is 13.4 Å². The molecular formula is C25H19N5O3S. The van der Waals surface area contributed by atoms with Crippen LogP contribution in [0.1, 0.15) is 5.56 Å². The molecule has 0 aliphatic heterocycles. The number of sulfonamides is 1. The molecule has 0 atom stereocenters. The Balaban J connectivity index is 1.43. The van der Waals surface area contributed by atoms with Gasteiger partial charge in [-0.15, -0.1) is 10.2 Å². The maximum absolute atomic E-state index is 12.7. The number of hydrogen-bond acceptors (Lipinski definition) is 7. The molecule has 8 nitrogen and oxygen atoms in total. The zero-order valence-corrected chi connectivity index (χ0v) is 18.9. The zero-order valence-electron chi connectivity index (χ0n) is 18.1. The summed E-state index contributed by atoms with van der Waals surface area (Å²) in [6.07, 6.45) is 1.79. The number of aliphatic imine (C=N–C) groups is 1. The second-order valence-electron chi connectivity index (χ2n) is 7.38. The van der Waals surface area contributed by atoms with Crippen molar-refractivity contribution >= 4 is 49.5 Å². The van der Waals surface area contributed by atoms with Crippen LogP contribution in [0.2, 0.25) is 0 Å². The van der Waals surface area contributed by atoms with Crippen molar-refractivity contribution in [1.82, 2.24) is 15.2 Å². The first kappa shape index (κ1) is 21.5. The molecule has 0 fully saturated rings. The van der Waals surface area contributed by atoms with E-state index in [1.54, 1.807) is 18.3 Å². The number of para-hydroxylation sites is 2. The van der Waals surface area contributed by atoms with E-state index in [1.165, 1.54) is 31.4 Å². The van der Waals surface area contributed by atoms with Crippen molar-refractivity contribution in [3.8, 4) is 5.88 Å². The number of hydrogen-bond donors (Lipinski definition) is 1. The van der Waals surface area contributed by atoms with Crippen LogP contribution in [-0.4, -0.2) is 36.9 Å². The van der Waals surface area contributed by atoms with Gasteiger partial charge in [0.25, 0.3) is 10.0 Å². The normalized spacial score (nSPS) is 11.8. The summed E-state index contributed by atoms with van der Waals surface area (Å²) in [5.74, 6) is 0.388. The lowest BCUT2D eigenvalue weighted by Gasteiger charge is -2.08. The first-order chi connectivity index (χ1) is 16.5. The highest BCUT2D eigenvalue weighted by Gasteiger charge is 2.15. The third kappa shape index (κ3) is 4.28. The fraction of sp³-hybridized carbons (Fsp3) is 0.0400. The quantitative estimate of drug-likeness (QED) is 0.284. The van der Waals surface area contributed by atoms with Gasteiger partial charge in [0.2, 0.25) is 5.88 Å². The molecule has 0 bridgehead atoms. The zero-order chi connectivity index (χ0) is 23.5. The van der Waals surface area contributed by atoms with Gasteiger partial charge in [0.15, 0.2) is 5.82 Å². The van der Waals surface area contributed by atoms with Crippen molar-refractivity contribution in [2.24, 2.45) is 4.99 Å². The average Bonchev–Trinajstić information content (AvgIpc) is 2.87. The number of aromatic nitrogens is 3. The number of benzene rings is 3. The van der Waals surface area contributed by atoms with Gasteiger partial charge in [0.1, 0.15) is 0 Å². The Hall–Kier alpha value is -4.37. The molecule has 0 aliphatic rings. The van der Waals surface area contributed by atoms with Crippen LogP contribution in [0.25, 0.3) is 21.8 Å². The first-order valence-electron chi connectivity index (χ1n) is 10.4. The fourth-order valence-electron chi connectivity index (χ4n) is 3.54. The van der Waals surface area contributed by atoms with E-state index < -0.39 is 10.0 Å². The number of methoxy groups -OCH3 is 1. The maximum Gasteiger partial charge on any atom is 0.263 e. The molecule has 2 heterocycles. The molecule has 0 saturated carbocycles. The number of nitrogens with one attached hydrogen (secondary N) is 1. The lowest BCUT2D eigenvalue weighted by Crippen LogP contribution is -2.14. The Bertz CT molecular complexity index is 1560. The minimum Gasteiger partial charge on any atom is -0.480 e. The topological polar surface area (TPSA) is 106 Å². The van der Waals surface area contributed by atoms with Crippen LogP contribution in [0, 0.1) is 0 Å². The van der Waals surface area contributed by atoms with Gasteiger partial charge < -0.3 is 4.74 Å². The van der Waals surface area contributed by atoms with Gasteiger partial charge >= 0.3 is 0 Å². The summed E-state index contributed by atoms with van der Waals surface area (Å²) in [5.41, 5.74) is 3.35. The molecule has 1 N–H and O–H groups in total. The van der Waals surface area contributed by atoms with Gasteiger partial charge in [-0.2, -0.15) is 0 Å². The molecule has 0 radical (unpaired) electrons. The van der Waals surface area contributed by atoms with Gasteiger partial charge in [0, 0.05) is 28.6 Å². The van der Waals surface area contributed by atoms with Crippen molar-refractivity contribution < 1.29 is 13.2 Å². The second-order valence-corrected chi connectivity index (χ2v) is 9.06. The molecule has 0 saturated heterocycles. The molecule has 0 aliphatic carbocycles. The highest BCUT2D eigenvalue weighted by Crippen LogP contribution is 2.26. The lowest BCUT2D eigenvalue weighted by atomic mass is 10.0. The summed E-state index contributed by atoms with van der Waals surface area (Å²) in [7, 11) is -2.37. The first-order valence-corrected chi connectivity index (χ1v) is 11.8. The molecule has 168 valence electrons. The maximum atomic E-state index is 12.7. The van der Waals surface area contributed by atoms with Crippen molar-refractivity contribution in [1.29, 1.82) is 0 Å². The predicted octanol–water partition coefficient (Wildman–Crippen LogP) is 4.74. The Morgan fingerprint density at radius 2 is 1.47 bits per heavy atom. The van der Waals surface area contributed by atoms with Crippen molar-refractivity contribution in [2.45, 2.75) is 4.90 Å². The van der Waals surface area contributed by atoms with Gasteiger partial charge in [-0.3, -0.25) is 9.71 Å². The van der Waals surface area contributed by atoms with Gasteiger partial charge in [-0.1, -0.05) is 36.4 Å². The van der Waals surface area contributed by atoms with Crippen molar-refractivity contribution in [3.63, 3.8) is 0 Å². The van der Waals surface area contributed by atoms with Crippen molar-refractivity contribution in [3.05, 3.63) is 90.5 Å². The van der Waals surface area contributed by atoms with Crippen LogP contribution in [0.5, 0.6) is 5.88 Å². The second kappa shape index (κ2) is 8.87. The lowest BCUT2D eigenvalue weighted by molar-refractivity contribution is 0.392. The van der Waals surface area contributed by atoms with Crippen LogP contribution in [-0.2, 0) is 10.0 Å². The Morgan fingerprint density at radius 1 is 0.824 bits per heavy atom. The average molecular weight is 470 g/mol. The minimum atomic E-state index is -3.83. The minimum absolute atomic E-state index is 0.0869. The number of rotatable bonds is 6. The van der Waals surface area contributed by atoms with E-state index in [4.69, 9.17) is 9.72 Å². The van der Waals surface area contributed by atoms with Crippen molar-refractivity contribution in [2.75, 3.05) is 11.8 Å². The summed E-state index contributed by atoms with van der Waals surface area (Å²) < 4.78 is 32.7. The molecule has 9 heteroatoms. The molecule has 0 amide bonds. The number of nitrogens with zero attached hydrogens (tertiary/aromatic N) is 4. The third-order valence-corrected chi connectivity index (χ3v) is 6.58. The summed E-state index contributed by atoms with van der Waals surface area (Å²) in [4.78, 5) is 9.41. The summed E-state index contributed by atoms with van der Waals surface area (Å²) in [5, 5.41) is 9.55. The monoisotopic (exact) mass is 469 g/mol. The van der Waals surface area contributed by atoms with E-state index in [1.807, 2.05) is 48.5 Å².